The predicted octanol–water partition coefficient (Wildman–Crippen LogP) is 2.58. The second kappa shape index (κ2) is 5.14. The van der Waals surface area contributed by atoms with E-state index in [0.29, 0.717) is 11.3 Å². The minimum Gasteiger partial charge on any atom is -0.492 e. The molecule has 1 aromatic carbocycles. The van der Waals surface area contributed by atoms with Gasteiger partial charge in [-0.3, -0.25) is 9.78 Å². The lowest BCUT2D eigenvalue weighted by Gasteiger charge is -2.27. The Balaban J connectivity index is 1.96. The van der Waals surface area contributed by atoms with Crippen molar-refractivity contribution < 1.29 is 9.53 Å². The third-order valence-electron chi connectivity index (χ3n) is 3.49. The molecule has 4 heteroatoms. The first-order valence-electron chi connectivity index (χ1n) is 6.37. The first-order chi connectivity index (χ1) is 9.81. The highest BCUT2D eigenvalue weighted by Gasteiger charge is 2.35. The van der Waals surface area contributed by atoms with E-state index in [1.165, 1.54) is 0 Å². The van der Waals surface area contributed by atoms with Crippen LogP contribution in [0.2, 0.25) is 0 Å². The van der Waals surface area contributed by atoms with Crippen molar-refractivity contribution >= 4 is 5.78 Å². The fourth-order valence-corrected chi connectivity index (χ4v) is 2.46. The highest BCUT2D eigenvalue weighted by molar-refractivity contribution is 6.02. The molecule has 0 saturated carbocycles. The molecule has 2 atom stereocenters. The smallest absolute Gasteiger partial charge is 0.174 e. The average molecular weight is 264 g/mol. The van der Waals surface area contributed by atoms with Crippen LogP contribution in [0.5, 0.6) is 5.75 Å². The number of benzene rings is 1. The van der Waals surface area contributed by atoms with Crippen molar-refractivity contribution in [3.05, 3.63) is 59.9 Å². The van der Waals surface area contributed by atoms with Gasteiger partial charge < -0.3 is 4.74 Å². The van der Waals surface area contributed by atoms with E-state index in [-0.39, 0.29) is 12.4 Å². The van der Waals surface area contributed by atoms with Crippen LogP contribution in [0.25, 0.3) is 0 Å². The third kappa shape index (κ3) is 2.04. The number of pyridine rings is 1. The minimum absolute atomic E-state index is 0.0396. The van der Waals surface area contributed by atoms with Crippen LogP contribution in [0.1, 0.15) is 21.8 Å². The molecule has 1 aliphatic rings. The molecular formula is C16H12N2O2. The monoisotopic (exact) mass is 264 g/mol. The van der Waals surface area contributed by atoms with Gasteiger partial charge in [0, 0.05) is 12.4 Å². The lowest BCUT2D eigenvalue weighted by atomic mass is 9.82. The van der Waals surface area contributed by atoms with Crippen LogP contribution in [-0.2, 0) is 0 Å². The zero-order valence-electron chi connectivity index (χ0n) is 10.7. The maximum absolute atomic E-state index is 12.5. The van der Waals surface area contributed by atoms with Crippen LogP contribution < -0.4 is 4.74 Å². The Morgan fingerprint density at radius 1 is 1.30 bits per heavy atom. The second-order valence-corrected chi connectivity index (χ2v) is 4.67. The van der Waals surface area contributed by atoms with Crippen LogP contribution in [0, 0.1) is 17.2 Å². The Labute approximate surface area is 116 Å². The van der Waals surface area contributed by atoms with E-state index >= 15 is 0 Å². The normalized spacial score (nSPS) is 18.6. The van der Waals surface area contributed by atoms with Gasteiger partial charge in [-0.2, -0.15) is 5.26 Å². The number of hydrogen-bond acceptors (Lipinski definition) is 4. The summed E-state index contributed by atoms with van der Waals surface area (Å²) >= 11 is 0. The fraction of sp³-hybridized carbons (Fsp3) is 0.188. The van der Waals surface area contributed by atoms with Gasteiger partial charge in [0.05, 0.1) is 30.1 Å². The summed E-state index contributed by atoms with van der Waals surface area (Å²) in [4.78, 5) is 16.6. The molecule has 98 valence electrons. The SMILES string of the molecule is N#CC(c1cccnc1)C1COc2ccccc2C1=O. The molecule has 2 heterocycles. The van der Waals surface area contributed by atoms with E-state index in [1.54, 1.807) is 36.7 Å². The van der Waals surface area contributed by atoms with E-state index in [4.69, 9.17) is 4.74 Å². The number of para-hydroxylation sites is 1. The molecule has 0 N–H and O–H groups in total. The molecule has 0 fully saturated rings. The molecule has 4 nitrogen and oxygen atoms in total. The Kier molecular flexibility index (Phi) is 3.18. The number of fused-ring (bicyclic) bond motifs is 1. The molecule has 2 aromatic rings. The number of nitriles is 1. The average Bonchev–Trinajstić information content (AvgIpc) is 2.51. The topological polar surface area (TPSA) is 63.0 Å². The fourth-order valence-electron chi connectivity index (χ4n) is 2.46. The molecule has 0 radical (unpaired) electrons. The Morgan fingerprint density at radius 2 is 2.15 bits per heavy atom. The molecule has 2 unspecified atom stereocenters. The summed E-state index contributed by atoms with van der Waals surface area (Å²) in [5.74, 6) is -0.470. The number of Topliss-reactive ketones (excluding diaryl/α,β-unsaturated/α-hetero) is 1. The third-order valence-corrected chi connectivity index (χ3v) is 3.49. The van der Waals surface area contributed by atoms with Gasteiger partial charge in [0.15, 0.2) is 5.78 Å². The molecule has 0 amide bonds. The van der Waals surface area contributed by atoms with E-state index < -0.39 is 11.8 Å². The van der Waals surface area contributed by atoms with Crippen molar-refractivity contribution in [2.45, 2.75) is 5.92 Å². The number of nitrogens with zero attached hydrogens (tertiary/aromatic N) is 2. The zero-order valence-corrected chi connectivity index (χ0v) is 10.7. The summed E-state index contributed by atoms with van der Waals surface area (Å²) in [7, 11) is 0. The van der Waals surface area contributed by atoms with Crippen LogP contribution in [0.3, 0.4) is 0 Å². The first kappa shape index (κ1) is 12.4. The van der Waals surface area contributed by atoms with Crippen molar-refractivity contribution in [1.82, 2.24) is 4.98 Å². The molecule has 20 heavy (non-hydrogen) atoms. The summed E-state index contributed by atoms with van der Waals surface area (Å²) in [6.07, 6.45) is 3.27. The van der Waals surface area contributed by atoms with E-state index in [0.717, 1.165) is 5.56 Å². The van der Waals surface area contributed by atoms with E-state index in [9.17, 15) is 10.1 Å². The molecule has 1 aliphatic heterocycles. The number of ether oxygens (including phenoxy) is 1. The van der Waals surface area contributed by atoms with Gasteiger partial charge in [-0.05, 0) is 23.8 Å². The second-order valence-electron chi connectivity index (χ2n) is 4.67. The number of carbonyl (C=O) groups excluding carboxylic acids is 1. The van der Waals surface area contributed by atoms with Gasteiger partial charge >= 0.3 is 0 Å². The molecular weight excluding hydrogens is 252 g/mol. The summed E-state index contributed by atoms with van der Waals surface area (Å²) < 4.78 is 5.62. The summed E-state index contributed by atoms with van der Waals surface area (Å²) in [6.45, 7) is 0.225. The van der Waals surface area contributed by atoms with Gasteiger partial charge in [0.2, 0.25) is 0 Å². The molecule has 1 aromatic heterocycles. The summed E-state index contributed by atoms with van der Waals surface area (Å²) in [5, 5.41) is 9.41. The van der Waals surface area contributed by atoms with Crippen LogP contribution in [-0.4, -0.2) is 17.4 Å². The van der Waals surface area contributed by atoms with Gasteiger partial charge in [0.25, 0.3) is 0 Å². The largest absolute Gasteiger partial charge is 0.492 e. The minimum atomic E-state index is -0.537. The highest BCUT2D eigenvalue weighted by Crippen LogP contribution is 2.34. The standard InChI is InChI=1S/C16H12N2O2/c17-8-13(11-4-3-7-18-9-11)14-10-20-15-6-2-1-5-12(15)16(14)19/h1-7,9,13-14H,10H2. The highest BCUT2D eigenvalue weighted by atomic mass is 16.5. The van der Waals surface area contributed by atoms with Gasteiger partial charge in [-0.15, -0.1) is 0 Å². The van der Waals surface area contributed by atoms with Crippen LogP contribution >= 0.6 is 0 Å². The number of rotatable bonds is 2. The lowest BCUT2D eigenvalue weighted by Crippen LogP contribution is -2.32. The molecule has 0 saturated heterocycles. The summed E-state index contributed by atoms with van der Waals surface area (Å²) in [5.41, 5.74) is 1.30. The Hall–Kier alpha value is -2.67. The molecule has 0 bridgehead atoms. The van der Waals surface area contributed by atoms with Crippen molar-refractivity contribution in [3.63, 3.8) is 0 Å². The van der Waals surface area contributed by atoms with Crippen molar-refractivity contribution in [2.75, 3.05) is 6.61 Å². The lowest BCUT2D eigenvalue weighted by molar-refractivity contribution is 0.0817. The zero-order chi connectivity index (χ0) is 13.9. The maximum atomic E-state index is 12.5. The van der Waals surface area contributed by atoms with Crippen LogP contribution in [0.15, 0.2) is 48.8 Å². The number of ketones is 1. The molecule has 3 rings (SSSR count). The van der Waals surface area contributed by atoms with Gasteiger partial charge in [-0.25, -0.2) is 0 Å². The van der Waals surface area contributed by atoms with E-state index in [1.807, 2.05) is 12.1 Å². The quantitative estimate of drug-likeness (QED) is 0.836. The molecule has 0 spiro atoms. The Morgan fingerprint density at radius 3 is 2.90 bits per heavy atom. The first-order valence-corrected chi connectivity index (χ1v) is 6.37. The molecule has 0 aliphatic carbocycles. The van der Waals surface area contributed by atoms with Crippen molar-refractivity contribution in [1.29, 1.82) is 5.26 Å². The maximum Gasteiger partial charge on any atom is 0.174 e. The van der Waals surface area contributed by atoms with Gasteiger partial charge in [0.1, 0.15) is 5.75 Å². The number of aromatic nitrogens is 1. The summed E-state index contributed by atoms with van der Waals surface area (Å²) in [6, 6.07) is 12.9. The Bertz CT molecular complexity index is 676. The van der Waals surface area contributed by atoms with Crippen molar-refractivity contribution in [3.8, 4) is 11.8 Å². The number of carbonyl (C=O) groups is 1. The van der Waals surface area contributed by atoms with E-state index in [2.05, 4.69) is 11.1 Å². The van der Waals surface area contributed by atoms with Crippen LogP contribution in [0.4, 0.5) is 0 Å². The number of hydrogen-bond donors (Lipinski definition) is 0. The van der Waals surface area contributed by atoms with Crippen molar-refractivity contribution in [2.24, 2.45) is 5.92 Å². The van der Waals surface area contributed by atoms with Gasteiger partial charge in [-0.1, -0.05) is 18.2 Å². The predicted molar refractivity (Wildman–Crippen MR) is 72.3 cm³/mol.